The molecule has 0 spiro atoms. The van der Waals surface area contributed by atoms with Gasteiger partial charge in [-0.05, 0) is 60.4 Å². The number of aryl methyl sites for hydroxylation is 1. The lowest BCUT2D eigenvalue weighted by Gasteiger charge is -2.08. The zero-order valence-corrected chi connectivity index (χ0v) is 17.7. The summed E-state index contributed by atoms with van der Waals surface area (Å²) in [7, 11) is 0. The molecule has 32 heavy (non-hydrogen) atoms. The van der Waals surface area contributed by atoms with E-state index in [-0.39, 0.29) is 23.5 Å². The molecule has 0 heterocycles. The maximum Gasteiger partial charge on any atom is 0.255 e. The Hall–Kier alpha value is -3.51. The topological polar surface area (TPSA) is 84.2 Å². The van der Waals surface area contributed by atoms with Gasteiger partial charge >= 0.3 is 0 Å². The van der Waals surface area contributed by atoms with Crippen LogP contribution < -0.4 is 16.4 Å². The van der Waals surface area contributed by atoms with Crippen LogP contribution in [-0.2, 0) is 11.2 Å². The number of para-hydroxylation sites is 2. The Morgan fingerprint density at radius 3 is 2.41 bits per heavy atom. The molecule has 1 fully saturated rings. The van der Waals surface area contributed by atoms with Gasteiger partial charge < -0.3 is 16.4 Å². The molecule has 1 aliphatic carbocycles. The van der Waals surface area contributed by atoms with Gasteiger partial charge in [-0.15, -0.1) is 0 Å². The lowest BCUT2D eigenvalue weighted by atomic mass is 10.0. The number of hydrogen-bond donors (Lipinski definition) is 3. The highest BCUT2D eigenvalue weighted by molar-refractivity contribution is 6.05. The van der Waals surface area contributed by atoms with Gasteiger partial charge in [0, 0.05) is 23.9 Å². The minimum atomic E-state index is -0.233. The van der Waals surface area contributed by atoms with Crippen molar-refractivity contribution >= 4 is 23.1 Å². The van der Waals surface area contributed by atoms with E-state index >= 15 is 0 Å². The first-order valence-corrected chi connectivity index (χ1v) is 10.7. The molecule has 0 radical (unpaired) electrons. The molecule has 0 saturated heterocycles. The van der Waals surface area contributed by atoms with Crippen molar-refractivity contribution in [2.24, 2.45) is 0 Å². The largest absolute Gasteiger partial charge is 0.397 e. The second kappa shape index (κ2) is 9.75. The van der Waals surface area contributed by atoms with Gasteiger partial charge in [0.05, 0.1) is 17.9 Å². The third-order valence-corrected chi connectivity index (χ3v) is 5.77. The van der Waals surface area contributed by atoms with Gasteiger partial charge in [-0.25, -0.2) is 4.39 Å². The molecule has 4 N–H and O–H groups in total. The van der Waals surface area contributed by atoms with E-state index in [4.69, 9.17) is 5.73 Å². The molecular formula is C26H26FN3O2. The van der Waals surface area contributed by atoms with Crippen molar-refractivity contribution in [3.63, 3.8) is 0 Å². The maximum absolute atomic E-state index is 13.0. The van der Waals surface area contributed by atoms with Gasteiger partial charge in [0.15, 0.2) is 0 Å². The molecule has 3 aromatic rings. The van der Waals surface area contributed by atoms with E-state index < -0.39 is 0 Å². The molecule has 1 saturated carbocycles. The number of ketones is 1. The standard InChI is InChI=1S/C26H26FN3O2/c27-20-12-10-18(11-13-20)22-15-25(22)29-16-21(31)14-7-17-5-8-19(9-6-17)26(32)30-24-4-2-1-3-23(24)28/h1-6,8-13,22,25,29H,7,14-16,28H2,(H,30,32). The van der Waals surface area contributed by atoms with Gasteiger partial charge in [0.25, 0.3) is 5.91 Å². The summed E-state index contributed by atoms with van der Waals surface area (Å²) in [4.78, 5) is 24.7. The number of nitrogen functional groups attached to an aromatic ring is 1. The highest BCUT2D eigenvalue weighted by Gasteiger charge is 2.37. The van der Waals surface area contributed by atoms with Gasteiger partial charge in [-0.3, -0.25) is 9.59 Å². The molecule has 0 bridgehead atoms. The fourth-order valence-corrected chi connectivity index (χ4v) is 3.74. The number of benzene rings is 3. The monoisotopic (exact) mass is 431 g/mol. The summed E-state index contributed by atoms with van der Waals surface area (Å²) in [6, 6.07) is 21.2. The van der Waals surface area contributed by atoms with Crippen LogP contribution in [0.25, 0.3) is 0 Å². The third-order valence-electron chi connectivity index (χ3n) is 5.77. The van der Waals surface area contributed by atoms with Crippen molar-refractivity contribution in [2.45, 2.75) is 31.2 Å². The summed E-state index contributed by atoms with van der Waals surface area (Å²) in [5, 5.41) is 6.10. The lowest BCUT2D eigenvalue weighted by Crippen LogP contribution is -2.26. The number of carbonyl (C=O) groups is 2. The van der Waals surface area contributed by atoms with Crippen molar-refractivity contribution in [2.75, 3.05) is 17.6 Å². The molecule has 2 unspecified atom stereocenters. The van der Waals surface area contributed by atoms with E-state index in [1.807, 2.05) is 36.4 Å². The Balaban J connectivity index is 1.20. The van der Waals surface area contributed by atoms with E-state index in [1.165, 1.54) is 12.1 Å². The molecule has 164 valence electrons. The summed E-state index contributed by atoms with van der Waals surface area (Å²) >= 11 is 0. The van der Waals surface area contributed by atoms with Crippen LogP contribution in [0.1, 0.15) is 40.2 Å². The van der Waals surface area contributed by atoms with E-state index in [1.54, 1.807) is 24.3 Å². The average molecular weight is 432 g/mol. The van der Waals surface area contributed by atoms with Gasteiger partial charge in [0.1, 0.15) is 11.6 Å². The quantitative estimate of drug-likeness (QED) is 0.441. The van der Waals surface area contributed by atoms with Gasteiger partial charge in [-0.1, -0.05) is 36.4 Å². The van der Waals surface area contributed by atoms with E-state index in [0.717, 1.165) is 17.5 Å². The molecule has 6 heteroatoms. The van der Waals surface area contributed by atoms with Crippen molar-refractivity contribution in [1.82, 2.24) is 5.32 Å². The molecule has 1 aliphatic rings. The van der Waals surface area contributed by atoms with E-state index in [0.29, 0.717) is 42.2 Å². The second-order valence-electron chi connectivity index (χ2n) is 8.16. The molecule has 4 rings (SSSR count). The van der Waals surface area contributed by atoms with Crippen LogP contribution in [-0.4, -0.2) is 24.3 Å². The van der Waals surface area contributed by atoms with Crippen LogP contribution in [0, 0.1) is 5.82 Å². The lowest BCUT2D eigenvalue weighted by molar-refractivity contribution is -0.118. The Kier molecular flexibility index (Phi) is 6.61. The normalized spacial score (nSPS) is 17.0. The predicted octanol–water partition coefficient (Wildman–Crippen LogP) is 4.31. The predicted molar refractivity (Wildman–Crippen MR) is 124 cm³/mol. The number of carbonyl (C=O) groups excluding carboxylic acids is 2. The molecule has 3 aromatic carbocycles. The molecule has 0 aliphatic heterocycles. The first-order chi connectivity index (χ1) is 15.5. The number of rotatable bonds is 9. The van der Waals surface area contributed by atoms with Crippen LogP contribution in [0.5, 0.6) is 0 Å². The Labute approximate surface area is 186 Å². The van der Waals surface area contributed by atoms with Crippen molar-refractivity contribution in [3.05, 3.63) is 95.3 Å². The van der Waals surface area contributed by atoms with E-state index in [9.17, 15) is 14.0 Å². The first kappa shape index (κ1) is 21.7. The van der Waals surface area contributed by atoms with Crippen LogP contribution in [0.2, 0.25) is 0 Å². The number of halogens is 1. The second-order valence-corrected chi connectivity index (χ2v) is 8.16. The average Bonchev–Trinajstić information content (AvgIpc) is 3.58. The summed E-state index contributed by atoms with van der Waals surface area (Å²) in [5.41, 5.74) is 9.60. The maximum atomic E-state index is 13.0. The van der Waals surface area contributed by atoms with E-state index in [2.05, 4.69) is 10.6 Å². The first-order valence-electron chi connectivity index (χ1n) is 10.7. The SMILES string of the molecule is Nc1ccccc1NC(=O)c1ccc(CCC(=O)CNC2CC2c2ccc(F)cc2)cc1. The van der Waals surface area contributed by atoms with Crippen molar-refractivity contribution in [1.29, 1.82) is 0 Å². The summed E-state index contributed by atoms with van der Waals surface area (Å²) < 4.78 is 13.0. The highest BCUT2D eigenvalue weighted by atomic mass is 19.1. The molecule has 0 aromatic heterocycles. The highest BCUT2D eigenvalue weighted by Crippen LogP contribution is 2.40. The summed E-state index contributed by atoms with van der Waals surface area (Å²) in [5.74, 6) is 0.0444. The van der Waals surface area contributed by atoms with Crippen LogP contribution >= 0.6 is 0 Å². The number of amides is 1. The van der Waals surface area contributed by atoms with Gasteiger partial charge in [-0.2, -0.15) is 0 Å². The third kappa shape index (κ3) is 5.59. The minimum absolute atomic E-state index is 0.149. The fourth-order valence-electron chi connectivity index (χ4n) is 3.74. The Morgan fingerprint density at radius 2 is 1.69 bits per heavy atom. The Bertz CT molecular complexity index is 1100. The number of Topliss-reactive ketones (excluding diaryl/α,β-unsaturated/α-hetero) is 1. The zero-order chi connectivity index (χ0) is 22.5. The molecule has 5 nitrogen and oxygen atoms in total. The zero-order valence-electron chi connectivity index (χ0n) is 17.7. The van der Waals surface area contributed by atoms with Gasteiger partial charge in [0.2, 0.25) is 0 Å². The summed E-state index contributed by atoms with van der Waals surface area (Å²) in [6.07, 6.45) is 2.03. The number of anilines is 2. The van der Waals surface area contributed by atoms with Crippen LogP contribution in [0.3, 0.4) is 0 Å². The minimum Gasteiger partial charge on any atom is -0.397 e. The molecule has 2 atom stereocenters. The fraction of sp³-hybridized carbons (Fsp3) is 0.231. The van der Waals surface area contributed by atoms with Crippen LogP contribution in [0.4, 0.5) is 15.8 Å². The summed E-state index contributed by atoms with van der Waals surface area (Å²) in [6.45, 7) is 0.335. The molecule has 1 amide bonds. The Morgan fingerprint density at radius 1 is 0.969 bits per heavy atom. The number of hydrogen-bond acceptors (Lipinski definition) is 4. The number of nitrogens with two attached hydrogens (primary N) is 1. The molecular weight excluding hydrogens is 405 g/mol. The van der Waals surface area contributed by atoms with Crippen molar-refractivity contribution < 1.29 is 14.0 Å². The van der Waals surface area contributed by atoms with Crippen molar-refractivity contribution in [3.8, 4) is 0 Å². The van der Waals surface area contributed by atoms with Crippen LogP contribution in [0.15, 0.2) is 72.8 Å². The smallest absolute Gasteiger partial charge is 0.255 e. The number of nitrogens with one attached hydrogen (secondary N) is 2.